The Kier molecular flexibility index (Phi) is 5.54. The molecule has 0 atom stereocenters. The van der Waals surface area contributed by atoms with Crippen molar-refractivity contribution in [2.24, 2.45) is 0 Å². The number of likely N-dealkylation sites (tertiary alicyclic amines) is 1. The standard InChI is InChI=1S/C15H23N3O4/c1-3-4-13(19)16-7-5-12(6-8-16)18-11-14(20)17(15(18)21)9-10-22-2/h3-4,12H,5-11H2,1-2H3. The number of carbonyl (C=O) groups is 3. The highest BCUT2D eigenvalue weighted by Crippen LogP contribution is 2.22. The zero-order valence-electron chi connectivity index (χ0n) is 13.2. The van der Waals surface area contributed by atoms with E-state index >= 15 is 0 Å². The predicted molar refractivity (Wildman–Crippen MR) is 80.1 cm³/mol. The maximum absolute atomic E-state index is 12.3. The number of rotatable bonds is 5. The molecule has 2 aliphatic heterocycles. The van der Waals surface area contributed by atoms with Gasteiger partial charge in [0.05, 0.1) is 13.2 Å². The van der Waals surface area contributed by atoms with Gasteiger partial charge in [0.25, 0.3) is 0 Å². The second-order valence-electron chi connectivity index (χ2n) is 5.51. The molecule has 22 heavy (non-hydrogen) atoms. The van der Waals surface area contributed by atoms with Crippen LogP contribution < -0.4 is 0 Å². The number of nitrogens with zero attached hydrogens (tertiary/aromatic N) is 3. The SMILES string of the molecule is CC=CC(=O)N1CCC(N2CC(=O)N(CCOC)C2=O)CC1. The molecule has 0 aromatic rings. The monoisotopic (exact) mass is 309 g/mol. The number of carbonyl (C=O) groups excluding carboxylic acids is 3. The third-order valence-electron chi connectivity index (χ3n) is 4.13. The summed E-state index contributed by atoms with van der Waals surface area (Å²) in [4.78, 5) is 40.7. The molecule has 2 heterocycles. The Morgan fingerprint density at radius 1 is 1.32 bits per heavy atom. The summed E-state index contributed by atoms with van der Waals surface area (Å²) in [6, 6.07) is -0.209. The van der Waals surface area contributed by atoms with Crippen molar-refractivity contribution < 1.29 is 19.1 Å². The number of urea groups is 1. The molecule has 122 valence electrons. The smallest absolute Gasteiger partial charge is 0.327 e. The van der Waals surface area contributed by atoms with Gasteiger partial charge in [0, 0.05) is 26.2 Å². The van der Waals surface area contributed by atoms with Crippen LogP contribution in [0.3, 0.4) is 0 Å². The Labute approximate surface area is 130 Å². The molecule has 2 rings (SSSR count). The van der Waals surface area contributed by atoms with Crippen molar-refractivity contribution >= 4 is 17.8 Å². The van der Waals surface area contributed by atoms with E-state index in [2.05, 4.69) is 0 Å². The Morgan fingerprint density at radius 3 is 2.59 bits per heavy atom. The number of allylic oxidation sites excluding steroid dienone is 1. The number of hydrogen-bond acceptors (Lipinski definition) is 4. The first kappa shape index (κ1) is 16.5. The second kappa shape index (κ2) is 7.40. The predicted octanol–water partition coefficient (Wildman–Crippen LogP) is 0.464. The molecule has 4 amide bonds. The van der Waals surface area contributed by atoms with Gasteiger partial charge < -0.3 is 14.5 Å². The van der Waals surface area contributed by atoms with Crippen molar-refractivity contribution in [1.82, 2.24) is 14.7 Å². The van der Waals surface area contributed by atoms with E-state index in [-0.39, 0.29) is 30.4 Å². The van der Waals surface area contributed by atoms with E-state index in [9.17, 15) is 14.4 Å². The summed E-state index contributed by atoms with van der Waals surface area (Å²) in [6.45, 7) is 3.82. The van der Waals surface area contributed by atoms with Crippen LogP contribution in [-0.2, 0) is 14.3 Å². The Hall–Kier alpha value is -1.89. The number of imide groups is 1. The maximum Gasteiger partial charge on any atom is 0.327 e. The van der Waals surface area contributed by atoms with Crippen LogP contribution >= 0.6 is 0 Å². The van der Waals surface area contributed by atoms with Gasteiger partial charge in [-0.15, -0.1) is 0 Å². The minimum atomic E-state index is -0.236. The second-order valence-corrected chi connectivity index (χ2v) is 5.51. The van der Waals surface area contributed by atoms with Crippen molar-refractivity contribution in [3.05, 3.63) is 12.2 Å². The molecule has 7 nitrogen and oxygen atoms in total. The minimum Gasteiger partial charge on any atom is -0.383 e. The zero-order valence-corrected chi connectivity index (χ0v) is 13.2. The van der Waals surface area contributed by atoms with Crippen molar-refractivity contribution in [2.75, 3.05) is 39.9 Å². The van der Waals surface area contributed by atoms with Crippen molar-refractivity contribution in [3.63, 3.8) is 0 Å². The van der Waals surface area contributed by atoms with Crippen molar-refractivity contribution in [3.8, 4) is 0 Å². The van der Waals surface area contributed by atoms with Gasteiger partial charge in [-0.2, -0.15) is 0 Å². The molecule has 2 saturated heterocycles. The van der Waals surface area contributed by atoms with Gasteiger partial charge in [-0.3, -0.25) is 14.5 Å². The quantitative estimate of drug-likeness (QED) is 0.546. The summed E-state index contributed by atoms with van der Waals surface area (Å²) in [5.41, 5.74) is 0. The Morgan fingerprint density at radius 2 is 2.00 bits per heavy atom. The molecule has 0 aliphatic carbocycles. The fourth-order valence-corrected chi connectivity index (χ4v) is 2.89. The molecule has 0 radical (unpaired) electrons. The van der Waals surface area contributed by atoms with E-state index in [0.29, 0.717) is 39.1 Å². The van der Waals surface area contributed by atoms with Crippen molar-refractivity contribution in [1.29, 1.82) is 0 Å². The summed E-state index contributed by atoms with van der Waals surface area (Å²) < 4.78 is 4.93. The maximum atomic E-state index is 12.3. The van der Waals surface area contributed by atoms with Gasteiger partial charge in [-0.25, -0.2) is 4.79 Å². The number of ether oxygens (including phenoxy) is 1. The van der Waals surface area contributed by atoms with Crippen molar-refractivity contribution in [2.45, 2.75) is 25.8 Å². The van der Waals surface area contributed by atoms with Gasteiger partial charge in [0.1, 0.15) is 6.54 Å². The van der Waals surface area contributed by atoms with E-state index < -0.39 is 0 Å². The van der Waals surface area contributed by atoms with E-state index in [1.54, 1.807) is 29.1 Å². The topological polar surface area (TPSA) is 70.2 Å². The van der Waals surface area contributed by atoms with Crippen LogP contribution in [0.2, 0.25) is 0 Å². The van der Waals surface area contributed by atoms with E-state index in [1.165, 1.54) is 4.90 Å². The average Bonchev–Trinajstić information content (AvgIpc) is 2.80. The molecule has 0 unspecified atom stereocenters. The molecule has 0 bridgehead atoms. The summed E-state index contributed by atoms with van der Waals surface area (Å²) in [5, 5.41) is 0. The van der Waals surface area contributed by atoms with Gasteiger partial charge >= 0.3 is 6.03 Å². The number of hydrogen-bond donors (Lipinski definition) is 0. The van der Waals surface area contributed by atoms with Gasteiger partial charge in [-0.05, 0) is 25.8 Å². The number of piperidine rings is 1. The van der Waals surface area contributed by atoms with Crippen LogP contribution in [0.1, 0.15) is 19.8 Å². The highest BCUT2D eigenvalue weighted by atomic mass is 16.5. The van der Waals surface area contributed by atoms with E-state index in [0.717, 1.165) is 0 Å². The summed E-state index contributed by atoms with van der Waals surface area (Å²) in [5.74, 6) is -0.166. The lowest BCUT2D eigenvalue weighted by atomic mass is 10.0. The minimum absolute atomic E-state index is 0.00601. The van der Waals surface area contributed by atoms with Gasteiger partial charge in [0.15, 0.2) is 0 Å². The van der Waals surface area contributed by atoms with Crippen LogP contribution in [0.15, 0.2) is 12.2 Å². The summed E-state index contributed by atoms with van der Waals surface area (Å²) in [7, 11) is 1.54. The Balaban J connectivity index is 1.90. The van der Waals surface area contributed by atoms with Crippen LogP contribution in [-0.4, -0.2) is 78.5 Å². The molecular weight excluding hydrogens is 286 g/mol. The lowest BCUT2D eigenvalue weighted by Gasteiger charge is -2.35. The van der Waals surface area contributed by atoms with Gasteiger partial charge in [-0.1, -0.05) is 6.08 Å². The number of methoxy groups -OCH3 is 1. The fraction of sp³-hybridized carbons (Fsp3) is 0.667. The van der Waals surface area contributed by atoms with E-state index in [4.69, 9.17) is 4.74 Å². The largest absolute Gasteiger partial charge is 0.383 e. The van der Waals surface area contributed by atoms with Crippen LogP contribution in [0, 0.1) is 0 Å². The molecule has 0 saturated carbocycles. The van der Waals surface area contributed by atoms with E-state index in [1.807, 2.05) is 6.92 Å². The summed E-state index contributed by atoms with van der Waals surface area (Å²) in [6.07, 6.45) is 4.70. The molecule has 2 fully saturated rings. The lowest BCUT2D eigenvalue weighted by molar-refractivity contribution is -0.128. The molecule has 2 aliphatic rings. The first-order valence-corrected chi connectivity index (χ1v) is 7.60. The molecular formula is C15H23N3O4. The average molecular weight is 309 g/mol. The Bertz CT molecular complexity index is 469. The first-order chi connectivity index (χ1) is 10.6. The summed E-state index contributed by atoms with van der Waals surface area (Å²) >= 11 is 0. The number of amides is 4. The fourth-order valence-electron chi connectivity index (χ4n) is 2.89. The third kappa shape index (κ3) is 3.47. The van der Waals surface area contributed by atoms with Crippen LogP contribution in [0.25, 0.3) is 0 Å². The normalized spacial score (nSPS) is 20.5. The first-order valence-electron chi connectivity index (χ1n) is 7.60. The zero-order chi connectivity index (χ0) is 16.1. The highest BCUT2D eigenvalue weighted by molar-refractivity contribution is 6.02. The molecule has 0 aromatic heterocycles. The third-order valence-corrected chi connectivity index (χ3v) is 4.13. The molecule has 7 heteroatoms. The molecule has 0 aromatic carbocycles. The van der Waals surface area contributed by atoms with Crippen LogP contribution in [0.5, 0.6) is 0 Å². The van der Waals surface area contributed by atoms with Gasteiger partial charge in [0.2, 0.25) is 11.8 Å². The highest BCUT2D eigenvalue weighted by Gasteiger charge is 2.40. The molecule has 0 N–H and O–H groups in total. The van der Waals surface area contributed by atoms with Crippen LogP contribution in [0.4, 0.5) is 4.79 Å². The molecule has 0 spiro atoms. The lowest BCUT2D eigenvalue weighted by Crippen LogP contribution is -2.47.